The zero-order valence-corrected chi connectivity index (χ0v) is 8.50. The normalized spacial score (nSPS) is 10.7. The van der Waals surface area contributed by atoms with Crippen molar-refractivity contribution in [1.82, 2.24) is 0 Å². The fraction of sp³-hybridized carbons (Fsp3) is 0.182. The molecule has 0 aliphatic heterocycles. The summed E-state index contributed by atoms with van der Waals surface area (Å²) >= 11 is 5.82. The van der Waals surface area contributed by atoms with Gasteiger partial charge in [-0.15, -0.1) is 0 Å². The predicted molar refractivity (Wildman–Crippen MR) is 59.5 cm³/mol. The number of hydrogen-bond acceptors (Lipinski definition) is 2. The summed E-state index contributed by atoms with van der Waals surface area (Å²) in [5.74, 6) is 0. The number of halogens is 1. The summed E-state index contributed by atoms with van der Waals surface area (Å²) in [4.78, 5) is 10.5. The van der Waals surface area contributed by atoms with E-state index in [-0.39, 0.29) is 0 Å². The first-order valence-electron chi connectivity index (χ1n) is 4.38. The minimum absolute atomic E-state index is 0.571. The van der Waals surface area contributed by atoms with Crippen molar-refractivity contribution < 1.29 is 4.79 Å². The Morgan fingerprint density at radius 1 is 1.29 bits per heavy atom. The average molecular weight is 210 g/mol. The molecule has 0 amide bonds. The van der Waals surface area contributed by atoms with E-state index in [1.165, 1.54) is 0 Å². The Morgan fingerprint density at radius 2 is 2.00 bits per heavy atom. The Bertz CT molecular complexity index is 347. The van der Waals surface area contributed by atoms with Crippen LogP contribution in [0.4, 0.5) is 0 Å². The molecule has 2 nitrogen and oxygen atoms in total. The van der Waals surface area contributed by atoms with Crippen LogP contribution >= 0.6 is 11.6 Å². The van der Waals surface area contributed by atoms with Gasteiger partial charge in [-0.05, 0) is 36.7 Å². The van der Waals surface area contributed by atoms with E-state index in [4.69, 9.17) is 17.3 Å². The molecule has 0 saturated carbocycles. The summed E-state index contributed by atoms with van der Waals surface area (Å²) in [5, 5.41) is 0.571. The molecule has 1 aromatic rings. The molecule has 0 atom stereocenters. The third-order valence-electron chi connectivity index (χ3n) is 1.72. The summed E-state index contributed by atoms with van der Waals surface area (Å²) < 4.78 is 0. The Kier molecular flexibility index (Phi) is 4.36. The maximum Gasteiger partial charge on any atom is 0.150 e. The number of nitrogens with two attached hydrogens (primary N) is 1. The second-order valence-corrected chi connectivity index (χ2v) is 3.35. The van der Waals surface area contributed by atoms with E-state index in [2.05, 4.69) is 0 Å². The van der Waals surface area contributed by atoms with Crippen molar-refractivity contribution in [2.45, 2.75) is 6.42 Å². The Hall–Kier alpha value is -1.12. The molecule has 74 valence electrons. The van der Waals surface area contributed by atoms with E-state index in [9.17, 15) is 4.79 Å². The van der Waals surface area contributed by atoms with Crippen LogP contribution in [0.25, 0.3) is 6.08 Å². The largest absolute Gasteiger partial charge is 0.330 e. The lowest BCUT2D eigenvalue weighted by Gasteiger charge is -1.97. The monoisotopic (exact) mass is 209 g/mol. The van der Waals surface area contributed by atoms with E-state index in [0.29, 0.717) is 17.1 Å². The zero-order chi connectivity index (χ0) is 10.4. The minimum atomic E-state index is 0.571. The number of aldehydes is 1. The van der Waals surface area contributed by atoms with Gasteiger partial charge in [-0.1, -0.05) is 23.8 Å². The summed E-state index contributed by atoms with van der Waals surface area (Å²) in [6, 6.07) is 5.22. The number of carbonyl (C=O) groups is 1. The van der Waals surface area contributed by atoms with Crippen LogP contribution in [0.3, 0.4) is 0 Å². The second kappa shape index (κ2) is 5.58. The minimum Gasteiger partial charge on any atom is -0.330 e. The highest BCUT2D eigenvalue weighted by Gasteiger charge is 1.95. The Labute approximate surface area is 88.4 Å². The molecular formula is C11H12ClNO. The number of hydrogen-bond donors (Lipinski definition) is 1. The molecule has 0 spiro atoms. The molecule has 0 aromatic heterocycles. The van der Waals surface area contributed by atoms with Gasteiger partial charge in [0.15, 0.2) is 0 Å². The quantitative estimate of drug-likeness (QED) is 0.775. The standard InChI is InChI=1S/C11H12ClNO/c12-11-6-9(3-1-2-4-13)5-10(7-11)8-14/h1,3,5-8H,2,4,13H2. The first-order valence-corrected chi connectivity index (χ1v) is 4.76. The predicted octanol–water partition coefficient (Wildman–Crippen LogP) is 2.51. The van der Waals surface area contributed by atoms with Crippen LogP contribution in [0.15, 0.2) is 24.3 Å². The molecule has 0 bridgehead atoms. The lowest BCUT2D eigenvalue weighted by Crippen LogP contribution is -1.94. The van der Waals surface area contributed by atoms with Crippen molar-refractivity contribution in [1.29, 1.82) is 0 Å². The first kappa shape index (κ1) is 11.0. The van der Waals surface area contributed by atoms with E-state index in [1.807, 2.05) is 18.2 Å². The van der Waals surface area contributed by atoms with E-state index in [0.717, 1.165) is 18.3 Å². The lowest BCUT2D eigenvalue weighted by atomic mass is 10.1. The van der Waals surface area contributed by atoms with Gasteiger partial charge in [0.05, 0.1) is 0 Å². The summed E-state index contributed by atoms with van der Waals surface area (Å²) in [5.41, 5.74) is 6.86. The number of benzene rings is 1. The highest BCUT2D eigenvalue weighted by molar-refractivity contribution is 6.31. The van der Waals surface area contributed by atoms with Gasteiger partial charge in [0.1, 0.15) is 6.29 Å². The fourth-order valence-electron chi connectivity index (χ4n) is 1.12. The van der Waals surface area contributed by atoms with Crippen molar-refractivity contribution in [3.05, 3.63) is 40.4 Å². The third-order valence-corrected chi connectivity index (χ3v) is 1.94. The van der Waals surface area contributed by atoms with Gasteiger partial charge in [0.2, 0.25) is 0 Å². The van der Waals surface area contributed by atoms with Crippen molar-refractivity contribution >= 4 is 24.0 Å². The van der Waals surface area contributed by atoms with Gasteiger partial charge in [-0.3, -0.25) is 4.79 Å². The smallest absolute Gasteiger partial charge is 0.150 e. The molecule has 0 aliphatic rings. The second-order valence-electron chi connectivity index (χ2n) is 2.92. The summed E-state index contributed by atoms with van der Waals surface area (Å²) in [7, 11) is 0. The van der Waals surface area contributed by atoms with Crippen LogP contribution < -0.4 is 5.73 Å². The van der Waals surface area contributed by atoms with E-state index >= 15 is 0 Å². The molecule has 0 aliphatic carbocycles. The van der Waals surface area contributed by atoms with Crippen molar-refractivity contribution in [2.75, 3.05) is 6.54 Å². The third kappa shape index (κ3) is 3.32. The van der Waals surface area contributed by atoms with Crippen molar-refractivity contribution in [3.63, 3.8) is 0 Å². The maximum atomic E-state index is 10.5. The molecule has 1 rings (SSSR count). The molecular weight excluding hydrogens is 198 g/mol. The fourth-order valence-corrected chi connectivity index (χ4v) is 1.37. The van der Waals surface area contributed by atoms with Gasteiger partial charge >= 0.3 is 0 Å². The van der Waals surface area contributed by atoms with Gasteiger partial charge in [-0.25, -0.2) is 0 Å². The molecule has 0 heterocycles. The molecule has 1 aromatic carbocycles. The number of carbonyl (C=O) groups excluding carboxylic acids is 1. The molecule has 0 radical (unpaired) electrons. The van der Waals surface area contributed by atoms with Gasteiger partial charge < -0.3 is 5.73 Å². The summed E-state index contributed by atoms with van der Waals surface area (Å²) in [6.45, 7) is 0.623. The highest BCUT2D eigenvalue weighted by atomic mass is 35.5. The van der Waals surface area contributed by atoms with Crippen LogP contribution in [0.2, 0.25) is 5.02 Å². The summed E-state index contributed by atoms with van der Waals surface area (Å²) in [6.07, 6.45) is 5.47. The molecule has 3 heteroatoms. The first-order chi connectivity index (χ1) is 6.76. The molecule has 2 N–H and O–H groups in total. The van der Waals surface area contributed by atoms with E-state index in [1.54, 1.807) is 12.1 Å². The maximum absolute atomic E-state index is 10.5. The zero-order valence-electron chi connectivity index (χ0n) is 7.74. The van der Waals surface area contributed by atoms with Gasteiger partial charge in [0.25, 0.3) is 0 Å². The average Bonchev–Trinajstić information content (AvgIpc) is 2.17. The highest BCUT2D eigenvalue weighted by Crippen LogP contribution is 2.15. The van der Waals surface area contributed by atoms with Gasteiger partial charge in [-0.2, -0.15) is 0 Å². The lowest BCUT2D eigenvalue weighted by molar-refractivity contribution is 0.112. The van der Waals surface area contributed by atoms with Crippen LogP contribution in [-0.4, -0.2) is 12.8 Å². The van der Waals surface area contributed by atoms with Crippen LogP contribution in [-0.2, 0) is 0 Å². The van der Waals surface area contributed by atoms with Crippen LogP contribution in [0, 0.1) is 0 Å². The van der Waals surface area contributed by atoms with Gasteiger partial charge in [0, 0.05) is 10.6 Å². The topological polar surface area (TPSA) is 43.1 Å². The van der Waals surface area contributed by atoms with E-state index < -0.39 is 0 Å². The molecule has 0 saturated heterocycles. The van der Waals surface area contributed by atoms with Crippen molar-refractivity contribution in [3.8, 4) is 0 Å². The number of rotatable bonds is 4. The molecule has 0 unspecified atom stereocenters. The Morgan fingerprint density at radius 3 is 2.64 bits per heavy atom. The SMILES string of the molecule is NCCC=Cc1cc(Cl)cc(C=O)c1. The van der Waals surface area contributed by atoms with Crippen LogP contribution in [0.1, 0.15) is 22.3 Å². The molecule has 0 fully saturated rings. The Balaban J connectivity index is 2.86. The van der Waals surface area contributed by atoms with Crippen LogP contribution in [0.5, 0.6) is 0 Å². The molecule has 14 heavy (non-hydrogen) atoms. The van der Waals surface area contributed by atoms with Crippen molar-refractivity contribution in [2.24, 2.45) is 5.73 Å².